The molecule has 27 heavy (non-hydrogen) atoms. The molecule has 1 heterocycles. The monoisotopic (exact) mass is 390 g/mol. The molecule has 0 amide bonds. The molecular weight excluding hydrogens is 356 g/mol. The van der Waals surface area contributed by atoms with Crippen molar-refractivity contribution in [2.45, 2.75) is 88.9 Å². The van der Waals surface area contributed by atoms with Gasteiger partial charge in [0.15, 0.2) is 0 Å². The molecule has 0 radical (unpaired) electrons. The van der Waals surface area contributed by atoms with Crippen LogP contribution < -0.4 is 0 Å². The third-order valence-corrected chi connectivity index (χ3v) is 10.6. The number of hydrogen-bond donors (Lipinski definition) is 3. The minimum absolute atomic E-state index is 0.133. The van der Waals surface area contributed by atoms with Crippen LogP contribution >= 0.6 is 11.3 Å². The van der Waals surface area contributed by atoms with Crippen molar-refractivity contribution in [2.24, 2.45) is 28.6 Å². The van der Waals surface area contributed by atoms with E-state index in [2.05, 4.69) is 30.7 Å². The van der Waals surface area contributed by atoms with Crippen molar-refractivity contribution in [3.05, 3.63) is 22.4 Å². The summed E-state index contributed by atoms with van der Waals surface area (Å²) in [5, 5.41) is 37.6. The summed E-state index contributed by atoms with van der Waals surface area (Å²) in [6, 6.07) is 2.25. The summed E-state index contributed by atoms with van der Waals surface area (Å²) in [4.78, 5) is 0. The fraction of sp³-hybridized carbons (Fsp3) is 0.826. The molecule has 0 bridgehead atoms. The molecule has 4 saturated carbocycles. The van der Waals surface area contributed by atoms with Crippen molar-refractivity contribution in [3.8, 4) is 0 Å². The maximum absolute atomic E-state index is 11.9. The SMILES string of the molecule is C[C@]12C(CC[C@@H]3[C@H]1CC[C@]1(C)C(O)CC[C@@]31O)CC(O)CC2c1ccsc1. The van der Waals surface area contributed by atoms with Crippen molar-refractivity contribution < 1.29 is 15.3 Å². The lowest BCUT2D eigenvalue weighted by atomic mass is 9.41. The van der Waals surface area contributed by atoms with Gasteiger partial charge < -0.3 is 15.3 Å². The Morgan fingerprint density at radius 2 is 1.81 bits per heavy atom. The van der Waals surface area contributed by atoms with Crippen LogP contribution in [0.15, 0.2) is 16.8 Å². The zero-order valence-electron chi connectivity index (χ0n) is 16.6. The van der Waals surface area contributed by atoms with E-state index in [1.54, 1.807) is 11.3 Å². The predicted molar refractivity (Wildman–Crippen MR) is 108 cm³/mol. The van der Waals surface area contributed by atoms with Crippen LogP contribution in [-0.2, 0) is 0 Å². The molecule has 5 rings (SSSR count). The molecular formula is C23H34O3S. The second-order valence-electron chi connectivity index (χ2n) is 10.5. The molecule has 0 saturated heterocycles. The van der Waals surface area contributed by atoms with Crippen molar-refractivity contribution in [1.82, 2.24) is 0 Å². The average molecular weight is 391 g/mol. The number of rotatable bonds is 1. The Bertz CT molecular complexity index is 704. The molecule has 9 atom stereocenters. The number of thiophene rings is 1. The Hall–Kier alpha value is -0.420. The molecule has 4 aliphatic carbocycles. The molecule has 4 fully saturated rings. The molecule has 0 aliphatic heterocycles. The summed E-state index contributed by atoms with van der Waals surface area (Å²) < 4.78 is 0. The maximum Gasteiger partial charge on any atom is 0.0757 e. The van der Waals surface area contributed by atoms with Crippen molar-refractivity contribution in [2.75, 3.05) is 0 Å². The van der Waals surface area contributed by atoms with Gasteiger partial charge >= 0.3 is 0 Å². The first-order valence-electron chi connectivity index (χ1n) is 10.9. The van der Waals surface area contributed by atoms with E-state index >= 15 is 0 Å². The number of hydrogen-bond acceptors (Lipinski definition) is 4. The van der Waals surface area contributed by atoms with E-state index < -0.39 is 5.60 Å². The summed E-state index contributed by atoms with van der Waals surface area (Å²) in [7, 11) is 0. The summed E-state index contributed by atoms with van der Waals surface area (Å²) in [5.74, 6) is 1.68. The van der Waals surface area contributed by atoms with E-state index in [-0.39, 0.29) is 29.0 Å². The third-order valence-electron chi connectivity index (χ3n) is 9.86. The first-order chi connectivity index (χ1) is 12.8. The minimum Gasteiger partial charge on any atom is -0.393 e. The van der Waals surface area contributed by atoms with Gasteiger partial charge in [-0.05, 0) is 103 Å². The van der Waals surface area contributed by atoms with Crippen molar-refractivity contribution >= 4 is 11.3 Å². The molecule has 4 aliphatic rings. The van der Waals surface area contributed by atoms with E-state index in [1.807, 2.05) is 0 Å². The van der Waals surface area contributed by atoms with Gasteiger partial charge in [0.25, 0.3) is 0 Å². The fourth-order valence-corrected chi connectivity index (χ4v) is 8.96. The molecule has 1 aromatic heterocycles. The highest BCUT2D eigenvalue weighted by molar-refractivity contribution is 7.08. The standard InChI is InChI=1S/C23H34O3S/c1-21-8-5-17-18(23(21,26)9-6-20(21)25)4-3-15-11-16(24)12-19(22(15,17)2)14-7-10-27-13-14/h7,10,13,15-20,24-26H,3-6,8-9,11-12H2,1-2H3/t15?,16?,17-,18-,19?,20?,21-,22+,23-/m1/s1. The van der Waals surface area contributed by atoms with Crippen LogP contribution in [0.3, 0.4) is 0 Å². The summed E-state index contributed by atoms with van der Waals surface area (Å²) in [6.07, 6.45) is 6.86. The Labute approximate surface area is 166 Å². The predicted octanol–water partition coefficient (Wildman–Crippen LogP) is 4.32. The number of aliphatic hydroxyl groups is 3. The van der Waals surface area contributed by atoms with Gasteiger partial charge in [-0.3, -0.25) is 0 Å². The number of aliphatic hydroxyl groups excluding tert-OH is 2. The van der Waals surface area contributed by atoms with Gasteiger partial charge in [-0.2, -0.15) is 11.3 Å². The molecule has 3 N–H and O–H groups in total. The number of fused-ring (bicyclic) bond motifs is 5. The van der Waals surface area contributed by atoms with Gasteiger partial charge in [0, 0.05) is 5.41 Å². The summed E-state index contributed by atoms with van der Waals surface area (Å²) >= 11 is 1.75. The van der Waals surface area contributed by atoms with Gasteiger partial charge in [0.2, 0.25) is 0 Å². The maximum atomic E-state index is 11.9. The topological polar surface area (TPSA) is 60.7 Å². The zero-order chi connectivity index (χ0) is 19.0. The lowest BCUT2D eigenvalue weighted by molar-refractivity contribution is -0.220. The fourth-order valence-electron chi connectivity index (χ4n) is 8.24. The highest BCUT2D eigenvalue weighted by Crippen LogP contribution is 2.70. The van der Waals surface area contributed by atoms with Crippen molar-refractivity contribution in [1.29, 1.82) is 0 Å². The Morgan fingerprint density at radius 1 is 1.00 bits per heavy atom. The van der Waals surface area contributed by atoms with E-state index in [1.165, 1.54) is 5.56 Å². The first kappa shape index (κ1) is 18.6. The highest BCUT2D eigenvalue weighted by Gasteiger charge is 2.68. The van der Waals surface area contributed by atoms with Crippen LogP contribution in [0.1, 0.15) is 76.7 Å². The van der Waals surface area contributed by atoms with Crippen LogP contribution in [0.4, 0.5) is 0 Å². The van der Waals surface area contributed by atoms with Gasteiger partial charge in [-0.1, -0.05) is 13.8 Å². The Kier molecular flexibility index (Phi) is 4.16. The normalized spacial score (nSPS) is 54.9. The highest BCUT2D eigenvalue weighted by atomic mass is 32.1. The Morgan fingerprint density at radius 3 is 2.56 bits per heavy atom. The molecule has 1 aromatic rings. The molecule has 150 valence electrons. The minimum atomic E-state index is -0.724. The van der Waals surface area contributed by atoms with E-state index in [0.29, 0.717) is 17.8 Å². The van der Waals surface area contributed by atoms with Crippen LogP contribution in [0.5, 0.6) is 0 Å². The smallest absolute Gasteiger partial charge is 0.0757 e. The lowest BCUT2D eigenvalue weighted by Crippen LogP contribution is -2.64. The second-order valence-corrected chi connectivity index (χ2v) is 11.3. The van der Waals surface area contributed by atoms with Crippen molar-refractivity contribution in [3.63, 3.8) is 0 Å². The van der Waals surface area contributed by atoms with Gasteiger partial charge in [-0.15, -0.1) is 0 Å². The molecule has 4 unspecified atom stereocenters. The Balaban J connectivity index is 1.57. The molecule has 0 spiro atoms. The molecule has 0 aromatic carbocycles. The van der Waals surface area contributed by atoms with E-state index in [9.17, 15) is 15.3 Å². The average Bonchev–Trinajstić information content (AvgIpc) is 3.24. The quantitative estimate of drug-likeness (QED) is 0.669. The molecule has 4 heteroatoms. The summed E-state index contributed by atoms with van der Waals surface area (Å²) in [6.45, 7) is 4.61. The van der Waals surface area contributed by atoms with E-state index in [0.717, 1.165) is 51.4 Å². The van der Waals surface area contributed by atoms with Crippen LogP contribution in [0.2, 0.25) is 0 Å². The zero-order valence-corrected chi connectivity index (χ0v) is 17.4. The second kappa shape index (κ2) is 6.04. The van der Waals surface area contributed by atoms with Gasteiger partial charge in [0.05, 0.1) is 17.8 Å². The van der Waals surface area contributed by atoms with E-state index in [4.69, 9.17) is 0 Å². The summed E-state index contributed by atoms with van der Waals surface area (Å²) in [5.41, 5.74) is 0.453. The van der Waals surface area contributed by atoms with Gasteiger partial charge in [-0.25, -0.2) is 0 Å². The third kappa shape index (κ3) is 2.30. The first-order valence-corrected chi connectivity index (χ1v) is 11.9. The van der Waals surface area contributed by atoms with Crippen LogP contribution in [0.25, 0.3) is 0 Å². The largest absolute Gasteiger partial charge is 0.393 e. The van der Waals surface area contributed by atoms with Gasteiger partial charge in [0.1, 0.15) is 0 Å². The lowest BCUT2D eigenvalue weighted by Gasteiger charge is -2.65. The van der Waals surface area contributed by atoms with Crippen LogP contribution in [-0.4, -0.2) is 33.1 Å². The van der Waals surface area contributed by atoms with Crippen LogP contribution in [0, 0.1) is 28.6 Å². The molecule has 3 nitrogen and oxygen atoms in total.